The highest BCUT2D eigenvalue weighted by Crippen LogP contribution is 2.12. The van der Waals surface area contributed by atoms with Crippen molar-refractivity contribution in [2.24, 2.45) is 0 Å². The van der Waals surface area contributed by atoms with Crippen molar-refractivity contribution in [2.45, 2.75) is 0 Å². The van der Waals surface area contributed by atoms with Crippen molar-refractivity contribution >= 4 is 17.1 Å². The third-order valence-corrected chi connectivity index (χ3v) is 1.72. The first-order chi connectivity index (χ1) is 4.88. The molecule has 0 saturated heterocycles. The predicted octanol–water partition coefficient (Wildman–Crippen LogP) is 2.39. The average Bonchev–Trinajstić information content (AvgIpc) is 2.34. The Morgan fingerprint density at radius 1 is 1.40 bits per heavy atom. The van der Waals surface area contributed by atoms with Gasteiger partial charge in [-0.25, -0.2) is 0 Å². The number of halogens is 1. The molecular formula is C8H5ClN. The molecule has 0 bridgehead atoms. The first kappa shape index (κ1) is 5.81. The fraction of sp³-hybridized carbons (Fsp3) is 0. The van der Waals surface area contributed by atoms with Crippen LogP contribution in [0.4, 0.5) is 0 Å². The van der Waals surface area contributed by atoms with Gasteiger partial charge in [0.2, 0.25) is 0 Å². The number of hydrogen-bond acceptors (Lipinski definition) is 0. The van der Waals surface area contributed by atoms with Gasteiger partial charge in [0.15, 0.2) is 0 Å². The van der Waals surface area contributed by atoms with Crippen LogP contribution in [0.3, 0.4) is 0 Å². The molecule has 1 nitrogen and oxygen atoms in total. The van der Waals surface area contributed by atoms with E-state index in [0.29, 0.717) is 5.15 Å². The van der Waals surface area contributed by atoms with E-state index in [0.717, 1.165) is 5.52 Å². The van der Waals surface area contributed by atoms with Crippen molar-refractivity contribution in [3.05, 3.63) is 41.7 Å². The first-order valence-electron chi connectivity index (χ1n) is 3.01. The summed E-state index contributed by atoms with van der Waals surface area (Å²) in [4.78, 5) is 0. The minimum atomic E-state index is 0.704. The van der Waals surface area contributed by atoms with Crippen LogP contribution in [0.25, 0.3) is 5.52 Å². The third-order valence-electron chi connectivity index (χ3n) is 1.43. The highest BCUT2D eigenvalue weighted by atomic mass is 35.5. The molecule has 0 saturated carbocycles. The largest absolute Gasteiger partial charge is 0.307 e. The summed E-state index contributed by atoms with van der Waals surface area (Å²) in [5.41, 5.74) is 1.01. The predicted molar refractivity (Wildman–Crippen MR) is 41.2 cm³/mol. The molecule has 0 aliphatic rings. The molecule has 49 valence electrons. The Morgan fingerprint density at radius 2 is 2.30 bits per heavy atom. The van der Waals surface area contributed by atoms with Crippen LogP contribution >= 0.6 is 11.6 Å². The Labute approximate surface area is 63.9 Å². The van der Waals surface area contributed by atoms with Crippen molar-refractivity contribution in [3.8, 4) is 0 Å². The summed E-state index contributed by atoms with van der Waals surface area (Å²) < 4.78 is 1.88. The lowest BCUT2D eigenvalue weighted by Gasteiger charge is -1.91. The molecule has 0 fully saturated rings. The van der Waals surface area contributed by atoms with Crippen LogP contribution < -0.4 is 0 Å². The van der Waals surface area contributed by atoms with Crippen LogP contribution in [0.5, 0.6) is 0 Å². The quantitative estimate of drug-likeness (QED) is 0.543. The summed E-state index contributed by atoms with van der Waals surface area (Å²) >= 11 is 5.80. The Balaban J connectivity index is 2.93. The second-order valence-electron chi connectivity index (χ2n) is 2.07. The van der Waals surface area contributed by atoms with E-state index in [2.05, 4.69) is 6.07 Å². The van der Waals surface area contributed by atoms with E-state index < -0.39 is 0 Å². The van der Waals surface area contributed by atoms with E-state index in [4.69, 9.17) is 11.6 Å². The molecule has 0 aromatic carbocycles. The zero-order valence-corrected chi connectivity index (χ0v) is 5.97. The molecule has 2 rings (SSSR count). The normalized spacial score (nSPS) is 10.5. The molecule has 0 N–H and O–H groups in total. The van der Waals surface area contributed by atoms with Gasteiger partial charge in [0.1, 0.15) is 5.15 Å². The second kappa shape index (κ2) is 2.03. The summed E-state index contributed by atoms with van der Waals surface area (Å²) in [6.07, 6.45) is 1.91. The Hall–Kier alpha value is -0.950. The van der Waals surface area contributed by atoms with Gasteiger partial charge in [0, 0.05) is 12.3 Å². The van der Waals surface area contributed by atoms with Gasteiger partial charge in [-0.2, -0.15) is 0 Å². The lowest BCUT2D eigenvalue weighted by molar-refractivity contribution is 1.20. The number of rotatable bonds is 0. The van der Waals surface area contributed by atoms with Gasteiger partial charge in [-0.05, 0) is 18.2 Å². The van der Waals surface area contributed by atoms with E-state index in [9.17, 15) is 0 Å². The van der Waals surface area contributed by atoms with Gasteiger partial charge >= 0.3 is 0 Å². The van der Waals surface area contributed by atoms with E-state index in [1.807, 2.05) is 28.8 Å². The van der Waals surface area contributed by atoms with E-state index >= 15 is 0 Å². The molecule has 2 heteroatoms. The van der Waals surface area contributed by atoms with Crippen molar-refractivity contribution < 1.29 is 0 Å². The van der Waals surface area contributed by atoms with Crippen LogP contribution in [-0.4, -0.2) is 4.40 Å². The van der Waals surface area contributed by atoms with Crippen LogP contribution in [0.1, 0.15) is 0 Å². The summed E-state index contributed by atoms with van der Waals surface area (Å²) in [5, 5.41) is 0.704. The number of hydrogen-bond donors (Lipinski definition) is 0. The fourth-order valence-corrected chi connectivity index (χ4v) is 1.15. The maximum atomic E-state index is 5.80. The molecule has 2 heterocycles. The molecule has 0 aliphatic heterocycles. The molecule has 0 spiro atoms. The Bertz CT molecular complexity index is 351. The van der Waals surface area contributed by atoms with Crippen molar-refractivity contribution in [1.29, 1.82) is 0 Å². The summed E-state index contributed by atoms with van der Waals surface area (Å²) in [5.74, 6) is 0. The lowest BCUT2D eigenvalue weighted by Crippen LogP contribution is -1.79. The lowest BCUT2D eigenvalue weighted by atomic mass is 10.4. The van der Waals surface area contributed by atoms with Crippen LogP contribution in [0.15, 0.2) is 30.5 Å². The second-order valence-corrected chi connectivity index (χ2v) is 2.45. The SMILES string of the molecule is Clc1c[c]c2ccccn12. The first-order valence-corrected chi connectivity index (χ1v) is 3.39. The molecule has 0 unspecified atom stereocenters. The number of nitrogens with zero attached hydrogens (tertiary/aromatic N) is 1. The molecule has 1 radical (unpaired) electrons. The fourth-order valence-electron chi connectivity index (χ4n) is 0.950. The maximum absolute atomic E-state index is 5.80. The zero-order chi connectivity index (χ0) is 6.97. The van der Waals surface area contributed by atoms with Gasteiger partial charge in [-0.1, -0.05) is 17.7 Å². The van der Waals surface area contributed by atoms with Crippen molar-refractivity contribution in [1.82, 2.24) is 4.40 Å². The average molecular weight is 151 g/mol. The molecule has 10 heavy (non-hydrogen) atoms. The van der Waals surface area contributed by atoms with E-state index in [-0.39, 0.29) is 0 Å². The molecule has 2 aromatic rings. The Morgan fingerprint density at radius 3 is 3.10 bits per heavy atom. The van der Waals surface area contributed by atoms with Gasteiger partial charge < -0.3 is 4.40 Å². The molecule has 2 aromatic heterocycles. The van der Waals surface area contributed by atoms with Crippen molar-refractivity contribution in [2.75, 3.05) is 0 Å². The molecular weight excluding hydrogens is 146 g/mol. The highest BCUT2D eigenvalue weighted by Gasteiger charge is 1.94. The third kappa shape index (κ3) is 0.711. The Kier molecular flexibility index (Phi) is 1.18. The summed E-state index contributed by atoms with van der Waals surface area (Å²) in [7, 11) is 0. The zero-order valence-electron chi connectivity index (χ0n) is 5.21. The molecule has 0 amide bonds. The van der Waals surface area contributed by atoms with Gasteiger partial charge in [0.25, 0.3) is 0 Å². The smallest absolute Gasteiger partial charge is 0.114 e. The number of aromatic nitrogens is 1. The highest BCUT2D eigenvalue weighted by molar-refractivity contribution is 6.30. The molecule has 0 aliphatic carbocycles. The van der Waals surface area contributed by atoms with Gasteiger partial charge in [0.05, 0.1) is 5.52 Å². The van der Waals surface area contributed by atoms with E-state index in [1.54, 1.807) is 6.07 Å². The number of fused-ring (bicyclic) bond motifs is 1. The summed E-state index contributed by atoms with van der Waals surface area (Å²) in [6.45, 7) is 0. The summed E-state index contributed by atoms with van der Waals surface area (Å²) in [6, 6.07) is 10.6. The standard InChI is InChI=1S/C8H5ClN/c9-8-5-4-7-3-1-2-6-10(7)8/h1-3,5-6H. The number of pyridine rings is 1. The van der Waals surface area contributed by atoms with Crippen molar-refractivity contribution in [3.63, 3.8) is 0 Å². The van der Waals surface area contributed by atoms with Crippen LogP contribution in [0.2, 0.25) is 5.15 Å². The van der Waals surface area contributed by atoms with Crippen LogP contribution in [-0.2, 0) is 0 Å². The van der Waals surface area contributed by atoms with Gasteiger partial charge in [-0.15, -0.1) is 0 Å². The maximum Gasteiger partial charge on any atom is 0.114 e. The van der Waals surface area contributed by atoms with Gasteiger partial charge in [-0.3, -0.25) is 0 Å². The minimum absolute atomic E-state index is 0.704. The molecule has 0 atom stereocenters. The monoisotopic (exact) mass is 150 g/mol. The minimum Gasteiger partial charge on any atom is -0.307 e. The topological polar surface area (TPSA) is 4.41 Å². The van der Waals surface area contributed by atoms with E-state index in [1.165, 1.54) is 0 Å². The van der Waals surface area contributed by atoms with Crippen LogP contribution in [0, 0.1) is 6.07 Å².